The fourth-order valence-corrected chi connectivity index (χ4v) is 13.5. The molecule has 0 aliphatic heterocycles. The maximum atomic E-state index is 4.59. The summed E-state index contributed by atoms with van der Waals surface area (Å²) in [5, 5.41) is 7.41. The van der Waals surface area contributed by atoms with Gasteiger partial charge in [-0.1, -0.05) is 177 Å². The third-order valence-corrected chi connectivity index (χ3v) is 16.5. The van der Waals surface area contributed by atoms with Crippen molar-refractivity contribution in [1.29, 1.82) is 0 Å². The molecule has 0 bridgehead atoms. The second-order valence-corrected chi connectivity index (χ2v) is 26.3. The number of nitrogens with one attached hydrogen (secondary N) is 1. The van der Waals surface area contributed by atoms with Crippen molar-refractivity contribution in [1.82, 2.24) is 5.32 Å². The van der Waals surface area contributed by atoms with Crippen molar-refractivity contribution in [3.63, 3.8) is 0 Å². The lowest BCUT2D eigenvalue weighted by Crippen LogP contribution is -2.54. The lowest BCUT2D eigenvalue weighted by Gasteiger charge is -2.51. The summed E-state index contributed by atoms with van der Waals surface area (Å²) < 4.78 is 0.223. The first-order valence-electron chi connectivity index (χ1n) is 20.9. The Morgan fingerprint density at radius 3 is 1.59 bits per heavy atom. The third kappa shape index (κ3) is 8.16. The van der Waals surface area contributed by atoms with Crippen molar-refractivity contribution in [2.75, 3.05) is 12.3 Å². The number of hydrogen-bond acceptors (Lipinski definition) is 2. The van der Waals surface area contributed by atoms with Gasteiger partial charge in [0.25, 0.3) is 0 Å². The molecule has 0 saturated carbocycles. The average Bonchev–Trinajstić information content (AvgIpc) is 3.63. The maximum absolute atomic E-state index is 4.59. The van der Waals surface area contributed by atoms with Gasteiger partial charge >= 0.3 is 0 Å². The van der Waals surface area contributed by atoms with Crippen LogP contribution in [0.3, 0.4) is 0 Å². The predicted octanol–water partition coefficient (Wildman–Crippen LogP) is 13.1. The van der Waals surface area contributed by atoms with Crippen LogP contribution in [-0.4, -0.2) is 22.3 Å². The highest BCUT2D eigenvalue weighted by Crippen LogP contribution is 2.66. The van der Waals surface area contributed by atoms with Crippen molar-refractivity contribution in [3.8, 4) is 0 Å². The Kier molecular flexibility index (Phi) is 11.0. The quantitative estimate of drug-likeness (QED) is 0.190. The van der Waals surface area contributed by atoms with Crippen LogP contribution in [0.2, 0.25) is 0 Å². The van der Waals surface area contributed by atoms with E-state index in [1.54, 1.807) is 22.3 Å². The summed E-state index contributed by atoms with van der Waals surface area (Å²) in [5.74, 6) is 1.09. The Balaban J connectivity index is 1.73. The second kappa shape index (κ2) is 14.4. The van der Waals surface area contributed by atoms with Crippen LogP contribution in [-0.2, 0) is 33.5 Å². The Labute approximate surface area is 336 Å². The first kappa shape index (κ1) is 41.5. The van der Waals surface area contributed by atoms with Gasteiger partial charge in [0.15, 0.2) is 0 Å². The van der Waals surface area contributed by atoms with Gasteiger partial charge in [-0.05, 0) is 117 Å². The molecule has 0 aromatic heterocycles. The zero-order valence-electron chi connectivity index (χ0n) is 36.7. The highest BCUT2D eigenvalue weighted by Gasteiger charge is 2.57. The van der Waals surface area contributed by atoms with Gasteiger partial charge in [-0.15, -0.1) is 0 Å². The number of fused-ring (bicyclic) bond motifs is 3. The number of rotatable bonds is 7. The summed E-state index contributed by atoms with van der Waals surface area (Å²) in [6.45, 7) is 36.9. The first-order valence-corrected chi connectivity index (χ1v) is 23.2. The standard InChI is InChI=1S/C51H72NPS/c1-45(2,3)37-29-38(46(4,5)6)32-41(31-37)53(42-33-39(47(7,8)9)30-40(34-42)48(10,11)12)51(52-27-28-54-49(13,14)15)24-18-20-36-23-26-50(44(36)51)25-22-35-19-16-17-21-43(35)50/h16-21,29-34,52H,22-28H2,1-15H3/t50-,51?/m1/s1. The Morgan fingerprint density at radius 1 is 0.630 bits per heavy atom. The molecule has 6 rings (SSSR count). The fourth-order valence-electron chi connectivity index (χ4n) is 9.27. The molecule has 0 amide bonds. The number of hydrogen-bond donors (Lipinski definition) is 1. The lowest BCUT2D eigenvalue weighted by atomic mass is 9.71. The molecule has 1 spiro atoms. The second-order valence-electron chi connectivity index (χ2n) is 21.9. The van der Waals surface area contributed by atoms with Gasteiger partial charge in [-0.3, -0.25) is 0 Å². The number of aryl methyl sites for hydroxylation is 1. The van der Waals surface area contributed by atoms with Gasteiger partial charge in [0.2, 0.25) is 0 Å². The van der Waals surface area contributed by atoms with Gasteiger partial charge in [-0.2, -0.15) is 11.8 Å². The Morgan fingerprint density at radius 2 is 1.11 bits per heavy atom. The van der Waals surface area contributed by atoms with E-state index < -0.39 is 7.92 Å². The van der Waals surface area contributed by atoms with Crippen LogP contribution >= 0.6 is 19.7 Å². The van der Waals surface area contributed by atoms with Gasteiger partial charge in [0.05, 0.1) is 5.28 Å². The van der Waals surface area contributed by atoms with Crippen LogP contribution in [0.4, 0.5) is 0 Å². The van der Waals surface area contributed by atoms with E-state index in [1.165, 1.54) is 52.1 Å². The molecule has 1 N–H and O–H groups in total. The molecule has 3 aliphatic rings. The van der Waals surface area contributed by atoms with Crippen LogP contribution in [0.25, 0.3) is 0 Å². The third-order valence-electron chi connectivity index (χ3n) is 12.4. The van der Waals surface area contributed by atoms with Crippen molar-refractivity contribution in [2.45, 2.75) is 173 Å². The van der Waals surface area contributed by atoms with Crippen LogP contribution in [0, 0.1) is 0 Å². The number of allylic oxidation sites excluding steroid dienone is 2. The molecule has 3 heteroatoms. The van der Waals surface area contributed by atoms with Crippen LogP contribution in [0.1, 0.15) is 163 Å². The van der Waals surface area contributed by atoms with E-state index in [9.17, 15) is 0 Å². The molecule has 0 radical (unpaired) electrons. The van der Waals surface area contributed by atoms with Crippen molar-refractivity contribution in [3.05, 3.63) is 117 Å². The highest BCUT2D eigenvalue weighted by molar-refractivity contribution is 8.00. The van der Waals surface area contributed by atoms with Crippen molar-refractivity contribution < 1.29 is 0 Å². The van der Waals surface area contributed by atoms with Crippen LogP contribution < -0.4 is 15.9 Å². The lowest BCUT2D eigenvalue weighted by molar-refractivity contribution is 0.414. The molecule has 292 valence electrons. The molecule has 0 saturated heterocycles. The Hall–Kier alpha value is -2.12. The molecule has 1 unspecified atom stereocenters. The van der Waals surface area contributed by atoms with Crippen LogP contribution in [0.5, 0.6) is 0 Å². The van der Waals surface area contributed by atoms with Crippen molar-refractivity contribution >= 4 is 30.3 Å². The highest BCUT2D eigenvalue weighted by atomic mass is 32.2. The minimum absolute atomic E-state index is 0.0284. The molecule has 1 nitrogen and oxygen atoms in total. The van der Waals surface area contributed by atoms with Gasteiger partial charge in [-0.25, -0.2) is 0 Å². The van der Waals surface area contributed by atoms with E-state index in [0.717, 1.165) is 25.1 Å². The topological polar surface area (TPSA) is 12.0 Å². The average molecular weight is 762 g/mol. The molecule has 3 aromatic rings. The minimum atomic E-state index is -0.944. The summed E-state index contributed by atoms with van der Waals surface area (Å²) in [6, 6.07) is 25.1. The molecule has 0 fully saturated rings. The van der Waals surface area contributed by atoms with Gasteiger partial charge < -0.3 is 5.32 Å². The fraction of sp³-hybridized carbons (Fsp3) is 0.569. The molecule has 2 atom stereocenters. The van der Waals surface area contributed by atoms with E-state index in [4.69, 9.17) is 0 Å². The Bertz CT molecular complexity index is 1790. The predicted molar refractivity (Wildman–Crippen MR) is 243 cm³/mol. The zero-order valence-corrected chi connectivity index (χ0v) is 38.4. The van der Waals surface area contributed by atoms with E-state index in [2.05, 4.69) is 194 Å². The summed E-state index contributed by atoms with van der Waals surface area (Å²) in [5.41, 5.74) is 12.5. The zero-order chi connectivity index (χ0) is 39.7. The van der Waals surface area contributed by atoms with Gasteiger partial charge in [0, 0.05) is 22.5 Å². The largest absolute Gasteiger partial charge is 0.302 e. The summed E-state index contributed by atoms with van der Waals surface area (Å²) in [4.78, 5) is 0. The summed E-state index contributed by atoms with van der Waals surface area (Å²) in [7, 11) is -0.944. The molecular formula is C51H72NPS. The van der Waals surface area contributed by atoms with E-state index in [1.807, 2.05) is 0 Å². The normalized spacial score (nSPS) is 22.1. The molecule has 54 heavy (non-hydrogen) atoms. The summed E-state index contributed by atoms with van der Waals surface area (Å²) >= 11 is 2.10. The molecular weight excluding hydrogens is 690 g/mol. The molecule has 3 aliphatic carbocycles. The van der Waals surface area contributed by atoms with Crippen LogP contribution in [0.15, 0.2) is 84.0 Å². The minimum Gasteiger partial charge on any atom is -0.302 e. The summed E-state index contributed by atoms with van der Waals surface area (Å²) in [6.07, 6.45) is 10.9. The number of benzene rings is 3. The SMILES string of the molecule is CC(C)(C)SCCNC1(P(c2cc(C(C)(C)C)cc(C(C)(C)C)c2)c2cc(C(C)(C)C)cc(C(C)(C)C)c2)CC=CC2=C1[C@@]1(CC2)CCc2ccccc21. The van der Waals surface area contributed by atoms with E-state index in [-0.39, 0.29) is 37.1 Å². The smallest absolute Gasteiger partial charge is 0.0726 e. The monoisotopic (exact) mass is 762 g/mol. The van der Waals surface area contributed by atoms with Crippen molar-refractivity contribution in [2.24, 2.45) is 0 Å². The molecule has 3 aromatic carbocycles. The number of thioether (sulfide) groups is 1. The first-order chi connectivity index (χ1) is 24.9. The van der Waals surface area contributed by atoms with E-state index >= 15 is 0 Å². The molecule has 0 heterocycles. The van der Waals surface area contributed by atoms with Gasteiger partial charge in [0.1, 0.15) is 0 Å². The maximum Gasteiger partial charge on any atom is 0.0726 e. The van der Waals surface area contributed by atoms with E-state index in [0.29, 0.717) is 0 Å².